The maximum atomic E-state index is 12.5. The van der Waals surface area contributed by atoms with E-state index in [1.54, 1.807) is 42.3 Å². The number of imide groups is 1. The van der Waals surface area contributed by atoms with E-state index in [0.29, 0.717) is 29.8 Å². The molecule has 2 heterocycles. The normalized spacial score (nSPS) is 16.7. The molecule has 114 valence electrons. The lowest BCUT2D eigenvalue weighted by Gasteiger charge is -2.26. The predicted octanol–water partition coefficient (Wildman–Crippen LogP) is 2.00. The average Bonchev–Trinajstić information content (AvgIpc) is 2.80. The molecule has 5 heteroatoms. The van der Waals surface area contributed by atoms with Gasteiger partial charge in [-0.2, -0.15) is 0 Å². The van der Waals surface area contributed by atoms with Crippen LogP contribution < -0.4 is 4.90 Å². The largest absolute Gasteiger partial charge is 0.341 e. The van der Waals surface area contributed by atoms with Crippen LogP contribution in [0.5, 0.6) is 0 Å². The van der Waals surface area contributed by atoms with Crippen molar-refractivity contribution in [1.82, 2.24) is 4.90 Å². The van der Waals surface area contributed by atoms with Gasteiger partial charge in [-0.15, -0.1) is 0 Å². The number of carbonyl (C=O) groups excluding carboxylic acids is 3. The van der Waals surface area contributed by atoms with Gasteiger partial charge in [0, 0.05) is 13.6 Å². The molecule has 3 amide bonds. The molecule has 2 aromatic rings. The Morgan fingerprint density at radius 2 is 1.52 bits per heavy atom. The Hall–Kier alpha value is -2.95. The zero-order valence-electron chi connectivity index (χ0n) is 12.6. The fraction of sp³-hybridized carbons (Fsp3) is 0.167. The molecule has 0 radical (unpaired) electrons. The summed E-state index contributed by atoms with van der Waals surface area (Å²) in [6.45, 7) is 0.491. The molecule has 2 aliphatic rings. The Kier molecular flexibility index (Phi) is 2.84. The molecule has 0 spiro atoms. The van der Waals surface area contributed by atoms with Crippen LogP contribution in [0.25, 0.3) is 0 Å². The minimum Gasteiger partial charge on any atom is -0.341 e. The molecule has 0 fully saturated rings. The van der Waals surface area contributed by atoms with Crippen LogP contribution in [0.15, 0.2) is 42.5 Å². The minimum atomic E-state index is -0.300. The topological polar surface area (TPSA) is 57.7 Å². The zero-order chi connectivity index (χ0) is 16.1. The van der Waals surface area contributed by atoms with Gasteiger partial charge in [0.05, 0.1) is 23.2 Å². The molecule has 0 saturated heterocycles. The van der Waals surface area contributed by atoms with Gasteiger partial charge in [0.2, 0.25) is 5.91 Å². The number of nitrogens with zero attached hydrogens (tertiary/aromatic N) is 2. The van der Waals surface area contributed by atoms with Gasteiger partial charge < -0.3 is 4.90 Å². The van der Waals surface area contributed by atoms with Gasteiger partial charge in [0.15, 0.2) is 0 Å². The third-order valence-corrected chi connectivity index (χ3v) is 4.42. The first-order chi connectivity index (χ1) is 11.1. The SMILES string of the molecule is CN1Cc2cc(N3C(=O)c4ccccc4C3=O)ccc2CC1=O. The van der Waals surface area contributed by atoms with E-state index in [4.69, 9.17) is 0 Å². The van der Waals surface area contributed by atoms with Crippen LogP contribution in [0, 0.1) is 0 Å². The van der Waals surface area contributed by atoms with Crippen LogP contribution in [0.4, 0.5) is 5.69 Å². The lowest BCUT2D eigenvalue weighted by molar-refractivity contribution is -0.130. The molecule has 0 atom stereocenters. The van der Waals surface area contributed by atoms with E-state index in [-0.39, 0.29) is 17.7 Å². The first-order valence-corrected chi connectivity index (χ1v) is 7.40. The van der Waals surface area contributed by atoms with Crippen molar-refractivity contribution in [3.8, 4) is 0 Å². The summed E-state index contributed by atoms with van der Waals surface area (Å²) in [6.07, 6.45) is 0.355. The fourth-order valence-electron chi connectivity index (χ4n) is 3.14. The molecule has 5 nitrogen and oxygen atoms in total. The highest BCUT2D eigenvalue weighted by Gasteiger charge is 2.36. The Morgan fingerprint density at radius 3 is 2.17 bits per heavy atom. The van der Waals surface area contributed by atoms with Crippen molar-refractivity contribution in [2.24, 2.45) is 0 Å². The van der Waals surface area contributed by atoms with Gasteiger partial charge in [0.25, 0.3) is 11.8 Å². The molecule has 2 aromatic carbocycles. The van der Waals surface area contributed by atoms with Crippen molar-refractivity contribution in [3.63, 3.8) is 0 Å². The van der Waals surface area contributed by atoms with E-state index in [9.17, 15) is 14.4 Å². The highest BCUT2D eigenvalue weighted by atomic mass is 16.2. The van der Waals surface area contributed by atoms with Gasteiger partial charge in [-0.1, -0.05) is 18.2 Å². The molecule has 0 aromatic heterocycles. The summed E-state index contributed by atoms with van der Waals surface area (Å²) >= 11 is 0. The smallest absolute Gasteiger partial charge is 0.266 e. The molecular formula is C18H14N2O3. The van der Waals surface area contributed by atoms with Crippen LogP contribution in [0.2, 0.25) is 0 Å². The summed E-state index contributed by atoms with van der Waals surface area (Å²) < 4.78 is 0. The number of carbonyl (C=O) groups is 3. The van der Waals surface area contributed by atoms with E-state index < -0.39 is 0 Å². The van der Waals surface area contributed by atoms with Crippen molar-refractivity contribution >= 4 is 23.4 Å². The number of likely N-dealkylation sites (N-methyl/N-ethyl adjacent to an activating group) is 1. The zero-order valence-corrected chi connectivity index (χ0v) is 12.6. The maximum absolute atomic E-state index is 12.5. The summed E-state index contributed by atoms with van der Waals surface area (Å²) in [5.41, 5.74) is 3.34. The van der Waals surface area contributed by atoms with E-state index in [0.717, 1.165) is 11.1 Å². The molecule has 0 aliphatic carbocycles. The molecular weight excluding hydrogens is 292 g/mol. The second-order valence-electron chi connectivity index (χ2n) is 5.87. The average molecular weight is 306 g/mol. The Bertz CT molecular complexity index is 837. The number of hydrogen-bond acceptors (Lipinski definition) is 3. The fourth-order valence-corrected chi connectivity index (χ4v) is 3.14. The lowest BCUT2D eigenvalue weighted by Crippen LogP contribution is -2.33. The van der Waals surface area contributed by atoms with Crippen molar-refractivity contribution in [2.45, 2.75) is 13.0 Å². The van der Waals surface area contributed by atoms with E-state index in [2.05, 4.69) is 0 Å². The standard InChI is InChI=1S/C18H14N2O3/c1-19-10-12-8-13(7-6-11(12)9-16(19)21)20-17(22)14-4-2-3-5-15(14)18(20)23/h2-8H,9-10H2,1H3. The highest BCUT2D eigenvalue weighted by Crippen LogP contribution is 2.31. The van der Waals surface area contributed by atoms with Gasteiger partial charge in [-0.3, -0.25) is 14.4 Å². The third-order valence-electron chi connectivity index (χ3n) is 4.42. The predicted molar refractivity (Wildman–Crippen MR) is 84.2 cm³/mol. The first-order valence-electron chi connectivity index (χ1n) is 7.40. The van der Waals surface area contributed by atoms with Gasteiger partial charge in [-0.05, 0) is 35.4 Å². The number of fused-ring (bicyclic) bond motifs is 2. The molecule has 4 rings (SSSR count). The summed E-state index contributed by atoms with van der Waals surface area (Å²) in [7, 11) is 1.75. The number of benzene rings is 2. The minimum absolute atomic E-state index is 0.0750. The summed E-state index contributed by atoms with van der Waals surface area (Å²) in [6, 6.07) is 12.2. The second kappa shape index (κ2) is 4.78. The summed E-state index contributed by atoms with van der Waals surface area (Å²) in [5, 5.41) is 0. The number of rotatable bonds is 1. The van der Waals surface area contributed by atoms with E-state index in [1.807, 2.05) is 12.1 Å². The molecule has 2 aliphatic heterocycles. The van der Waals surface area contributed by atoms with Crippen molar-refractivity contribution in [1.29, 1.82) is 0 Å². The monoisotopic (exact) mass is 306 g/mol. The second-order valence-corrected chi connectivity index (χ2v) is 5.87. The van der Waals surface area contributed by atoms with Crippen molar-refractivity contribution in [3.05, 3.63) is 64.7 Å². The molecule has 0 N–H and O–H groups in total. The molecule has 0 bridgehead atoms. The highest BCUT2D eigenvalue weighted by molar-refractivity contribution is 6.34. The van der Waals surface area contributed by atoms with Crippen LogP contribution in [-0.2, 0) is 17.8 Å². The number of hydrogen-bond donors (Lipinski definition) is 0. The summed E-state index contributed by atoms with van der Waals surface area (Å²) in [4.78, 5) is 39.7. The Balaban J connectivity index is 1.76. The number of amides is 3. The lowest BCUT2D eigenvalue weighted by atomic mass is 9.98. The van der Waals surface area contributed by atoms with Crippen molar-refractivity contribution in [2.75, 3.05) is 11.9 Å². The van der Waals surface area contributed by atoms with Gasteiger partial charge in [0.1, 0.15) is 0 Å². The molecule has 0 saturated carbocycles. The van der Waals surface area contributed by atoms with Gasteiger partial charge in [-0.25, -0.2) is 4.90 Å². The van der Waals surface area contributed by atoms with E-state index in [1.165, 1.54) is 4.90 Å². The molecule has 0 unspecified atom stereocenters. The maximum Gasteiger partial charge on any atom is 0.266 e. The van der Waals surface area contributed by atoms with Crippen molar-refractivity contribution < 1.29 is 14.4 Å². The van der Waals surface area contributed by atoms with Crippen LogP contribution in [-0.4, -0.2) is 29.7 Å². The number of anilines is 1. The molecule has 23 heavy (non-hydrogen) atoms. The Labute approximate surface area is 133 Å². The third kappa shape index (κ3) is 1.97. The van der Waals surface area contributed by atoms with Crippen LogP contribution in [0.1, 0.15) is 31.8 Å². The van der Waals surface area contributed by atoms with Crippen LogP contribution >= 0.6 is 0 Å². The Morgan fingerprint density at radius 1 is 0.870 bits per heavy atom. The first kappa shape index (κ1) is 13.7. The van der Waals surface area contributed by atoms with Gasteiger partial charge >= 0.3 is 0 Å². The van der Waals surface area contributed by atoms with E-state index >= 15 is 0 Å². The van der Waals surface area contributed by atoms with Crippen LogP contribution in [0.3, 0.4) is 0 Å². The quantitative estimate of drug-likeness (QED) is 0.757. The summed E-state index contributed by atoms with van der Waals surface area (Å²) in [5.74, 6) is -0.525.